The molecule has 5 heteroatoms. The van der Waals surface area contributed by atoms with Crippen molar-refractivity contribution in [2.24, 2.45) is 4.99 Å². The number of carbonyl (C=O) groups is 1. The monoisotopic (exact) mass is 294 g/mol. The van der Waals surface area contributed by atoms with Gasteiger partial charge in [-0.2, -0.15) is 0 Å². The molecule has 1 aromatic carbocycles. The Hall–Kier alpha value is -2.66. The first-order valence-electron chi connectivity index (χ1n) is 6.40. The minimum atomic E-state index is -0.919. The average molecular weight is 294 g/mol. The topological polar surface area (TPSA) is 54.6 Å². The van der Waals surface area contributed by atoms with Gasteiger partial charge in [0, 0.05) is 29.6 Å². The van der Waals surface area contributed by atoms with Gasteiger partial charge in [-0.25, -0.2) is 4.79 Å². The molecule has 0 saturated heterocycles. The minimum absolute atomic E-state index is 0.286. The zero-order valence-electron chi connectivity index (χ0n) is 10.9. The number of carboxylic acids is 1. The first kappa shape index (κ1) is 12.1. The van der Waals surface area contributed by atoms with Gasteiger partial charge in [-0.15, -0.1) is 11.3 Å². The van der Waals surface area contributed by atoms with Crippen molar-refractivity contribution in [2.75, 3.05) is 0 Å². The van der Waals surface area contributed by atoms with Gasteiger partial charge in [-0.1, -0.05) is 6.07 Å². The van der Waals surface area contributed by atoms with Crippen LogP contribution >= 0.6 is 11.3 Å². The molecule has 0 fully saturated rings. The maximum absolute atomic E-state index is 11.2. The molecule has 1 aliphatic rings. The predicted molar refractivity (Wildman–Crippen MR) is 85.1 cm³/mol. The molecule has 4 rings (SSSR count). The quantitative estimate of drug-likeness (QED) is 0.739. The molecule has 1 N–H and O–H groups in total. The van der Waals surface area contributed by atoms with Crippen LogP contribution in [0.5, 0.6) is 0 Å². The minimum Gasteiger partial charge on any atom is -0.478 e. The highest BCUT2D eigenvalue weighted by Gasteiger charge is 2.15. The van der Waals surface area contributed by atoms with Crippen molar-refractivity contribution in [3.05, 3.63) is 53.0 Å². The second kappa shape index (κ2) is 4.43. The van der Waals surface area contributed by atoms with E-state index in [2.05, 4.69) is 11.1 Å². The van der Waals surface area contributed by atoms with Crippen LogP contribution in [0.1, 0.15) is 15.9 Å². The molecular formula is C16H10N2O2S. The largest absolute Gasteiger partial charge is 0.478 e. The summed E-state index contributed by atoms with van der Waals surface area (Å²) in [5.41, 5.74) is 3.29. The third-order valence-electron chi connectivity index (χ3n) is 3.53. The van der Waals surface area contributed by atoms with Crippen molar-refractivity contribution in [3.8, 4) is 10.6 Å². The van der Waals surface area contributed by atoms with Crippen molar-refractivity contribution < 1.29 is 9.90 Å². The Morgan fingerprint density at radius 1 is 1.24 bits per heavy atom. The van der Waals surface area contributed by atoms with Crippen molar-refractivity contribution >= 4 is 40.6 Å². The molecule has 3 heterocycles. The van der Waals surface area contributed by atoms with Gasteiger partial charge in [0.1, 0.15) is 0 Å². The van der Waals surface area contributed by atoms with Gasteiger partial charge in [0.15, 0.2) is 0 Å². The number of hydrogen-bond acceptors (Lipinski definition) is 3. The summed E-state index contributed by atoms with van der Waals surface area (Å²) < 4.78 is 1.99. The third kappa shape index (κ3) is 1.82. The molecule has 0 bridgehead atoms. The van der Waals surface area contributed by atoms with E-state index in [0.717, 1.165) is 27.0 Å². The van der Waals surface area contributed by atoms with Crippen molar-refractivity contribution in [3.63, 3.8) is 0 Å². The SMILES string of the molecule is O=C(O)c1ccc2cc3n(c2c1)/C=C\N=Cc1ccsc1-3. The highest BCUT2D eigenvalue weighted by Crippen LogP contribution is 2.35. The third-order valence-corrected chi connectivity index (χ3v) is 4.49. The van der Waals surface area contributed by atoms with Gasteiger partial charge in [0.25, 0.3) is 0 Å². The predicted octanol–water partition coefficient (Wildman–Crippen LogP) is 3.93. The fourth-order valence-electron chi connectivity index (χ4n) is 2.55. The fourth-order valence-corrected chi connectivity index (χ4v) is 3.43. The summed E-state index contributed by atoms with van der Waals surface area (Å²) in [5, 5.41) is 12.2. The standard InChI is InChI=1S/C16H10N2O2S/c19-16(20)11-2-1-10-7-14-15-12(3-6-21-15)9-17-4-5-18(14)13(10)8-11/h1-9H,(H,19,20)/b5-4-,17-9?. The zero-order chi connectivity index (χ0) is 14.4. The Bertz CT molecular complexity index is 931. The molecule has 2 aromatic heterocycles. The molecule has 0 unspecified atom stereocenters. The lowest BCUT2D eigenvalue weighted by Gasteiger charge is -2.07. The summed E-state index contributed by atoms with van der Waals surface area (Å²) in [6, 6.07) is 9.30. The van der Waals surface area contributed by atoms with E-state index >= 15 is 0 Å². The molecule has 0 aliphatic carbocycles. The van der Waals surface area contributed by atoms with Crippen molar-refractivity contribution in [1.29, 1.82) is 0 Å². The van der Waals surface area contributed by atoms with E-state index in [4.69, 9.17) is 5.11 Å². The Labute approximate surface area is 124 Å². The van der Waals surface area contributed by atoms with E-state index in [1.807, 2.05) is 34.5 Å². The zero-order valence-corrected chi connectivity index (χ0v) is 11.7. The van der Waals surface area contributed by atoms with Crippen LogP contribution in [0, 0.1) is 0 Å². The van der Waals surface area contributed by atoms with Crippen LogP contribution in [0.3, 0.4) is 0 Å². The van der Waals surface area contributed by atoms with Gasteiger partial charge >= 0.3 is 5.97 Å². The molecule has 0 atom stereocenters. The van der Waals surface area contributed by atoms with Crippen molar-refractivity contribution in [2.45, 2.75) is 0 Å². The molecule has 4 nitrogen and oxygen atoms in total. The number of carboxylic acid groups (broad SMARTS) is 1. The Balaban J connectivity index is 2.07. The number of benzene rings is 1. The number of aromatic carboxylic acids is 1. The summed E-state index contributed by atoms with van der Waals surface area (Å²) >= 11 is 1.65. The normalized spacial score (nSPS) is 14.3. The summed E-state index contributed by atoms with van der Waals surface area (Å²) in [6.45, 7) is 0. The van der Waals surface area contributed by atoms with E-state index in [0.29, 0.717) is 0 Å². The molecule has 21 heavy (non-hydrogen) atoms. The first-order chi connectivity index (χ1) is 10.2. The smallest absolute Gasteiger partial charge is 0.335 e. The molecule has 102 valence electrons. The highest BCUT2D eigenvalue weighted by molar-refractivity contribution is 7.14. The second-order valence-corrected chi connectivity index (χ2v) is 5.68. The lowest BCUT2D eigenvalue weighted by atomic mass is 10.1. The van der Waals surface area contributed by atoms with E-state index in [-0.39, 0.29) is 5.56 Å². The number of thiophene rings is 1. The van der Waals surface area contributed by atoms with Crippen molar-refractivity contribution in [1.82, 2.24) is 4.57 Å². The number of aromatic nitrogens is 1. The van der Waals surface area contributed by atoms with E-state index in [1.165, 1.54) is 0 Å². The number of hydrogen-bond donors (Lipinski definition) is 1. The van der Waals surface area contributed by atoms with Crippen LogP contribution in [0.25, 0.3) is 27.7 Å². The van der Waals surface area contributed by atoms with E-state index in [1.54, 1.807) is 29.7 Å². The van der Waals surface area contributed by atoms with Crippen LogP contribution in [-0.2, 0) is 0 Å². The van der Waals surface area contributed by atoms with Crippen LogP contribution < -0.4 is 0 Å². The van der Waals surface area contributed by atoms with Crippen LogP contribution in [0.2, 0.25) is 0 Å². The summed E-state index contributed by atoms with van der Waals surface area (Å²) in [7, 11) is 0. The number of fused-ring (bicyclic) bond motifs is 5. The van der Waals surface area contributed by atoms with Crippen LogP contribution in [-0.4, -0.2) is 21.9 Å². The van der Waals surface area contributed by atoms with Gasteiger partial charge in [0.05, 0.1) is 21.7 Å². The molecule has 3 aromatic rings. The molecule has 0 radical (unpaired) electrons. The lowest BCUT2D eigenvalue weighted by molar-refractivity contribution is 0.0697. The van der Waals surface area contributed by atoms with Gasteiger partial charge in [-0.05, 0) is 29.6 Å². The number of nitrogens with zero attached hydrogens (tertiary/aromatic N) is 2. The Morgan fingerprint density at radius 2 is 2.14 bits per heavy atom. The van der Waals surface area contributed by atoms with Gasteiger partial charge in [-0.3, -0.25) is 4.99 Å². The number of rotatable bonds is 1. The maximum Gasteiger partial charge on any atom is 0.335 e. The summed E-state index contributed by atoms with van der Waals surface area (Å²) in [4.78, 5) is 16.6. The Kier molecular flexibility index (Phi) is 2.55. The van der Waals surface area contributed by atoms with Gasteiger partial charge < -0.3 is 9.67 Å². The van der Waals surface area contributed by atoms with E-state index in [9.17, 15) is 4.79 Å². The molecule has 1 aliphatic heterocycles. The molecule has 0 amide bonds. The Morgan fingerprint density at radius 3 is 3.00 bits per heavy atom. The maximum atomic E-state index is 11.2. The molecular weight excluding hydrogens is 284 g/mol. The first-order valence-corrected chi connectivity index (χ1v) is 7.28. The summed E-state index contributed by atoms with van der Waals surface area (Å²) in [5.74, 6) is -0.919. The van der Waals surface area contributed by atoms with Crippen LogP contribution in [0.4, 0.5) is 0 Å². The van der Waals surface area contributed by atoms with Gasteiger partial charge in [0.2, 0.25) is 0 Å². The fraction of sp³-hybridized carbons (Fsp3) is 0. The lowest BCUT2D eigenvalue weighted by Crippen LogP contribution is -1.97. The summed E-state index contributed by atoms with van der Waals surface area (Å²) in [6.07, 6.45) is 5.42. The average Bonchev–Trinajstić information content (AvgIpc) is 3.04. The number of aliphatic imine (C=N–C) groups is 1. The second-order valence-electron chi connectivity index (χ2n) is 4.76. The van der Waals surface area contributed by atoms with E-state index < -0.39 is 5.97 Å². The molecule has 0 spiro atoms. The molecule has 0 saturated carbocycles. The highest BCUT2D eigenvalue weighted by atomic mass is 32.1. The van der Waals surface area contributed by atoms with Crippen LogP contribution in [0.15, 0.2) is 46.9 Å².